The van der Waals surface area contributed by atoms with Gasteiger partial charge in [0, 0.05) is 29.2 Å². The normalized spacial score (nSPS) is 26.7. The Kier molecular flexibility index (Phi) is 9.61. The van der Waals surface area contributed by atoms with Crippen LogP contribution in [0, 0.1) is 16.7 Å². The minimum absolute atomic E-state index is 0.0793. The molecule has 4 rings (SSSR count). The molecule has 0 aliphatic heterocycles. The van der Waals surface area contributed by atoms with Crippen molar-refractivity contribution in [2.45, 2.75) is 58.0 Å². The van der Waals surface area contributed by atoms with Gasteiger partial charge in [0.1, 0.15) is 6.61 Å². The Morgan fingerprint density at radius 3 is 2.68 bits per heavy atom. The van der Waals surface area contributed by atoms with E-state index in [0.29, 0.717) is 48.9 Å². The van der Waals surface area contributed by atoms with E-state index in [1.54, 1.807) is 14.2 Å². The van der Waals surface area contributed by atoms with Gasteiger partial charge in [-0.25, -0.2) is 9.78 Å². The van der Waals surface area contributed by atoms with Crippen LogP contribution in [0.3, 0.4) is 0 Å². The molecule has 2 amide bonds. The second-order valence-electron chi connectivity index (χ2n) is 11.4. The van der Waals surface area contributed by atoms with E-state index >= 15 is 0 Å². The molecule has 0 radical (unpaired) electrons. The Hall–Kier alpha value is -3.15. The van der Waals surface area contributed by atoms with Gasteiger partial charge in [-0.05, 0) is 54.7 Å². The lowest BCUT2D eigenvalue weighted by molar-refractivity contribution is -0.144. The topological polar surface area (TPSA) is 139 Å². The average molecular weight is 588 g/mol. The second-order valence-corrected chi connectivity index (χ2v) is 12.5. The summed E-state index contributed by atoms with van der Waals surface area (Å²) >= 11 is 1.35. The van der Waals surface area contributed by atoms with Gasteiger partial charge < -0.3 is 29.7 Å². The zero-order valence-corrected chi connectivity index (χ0v) is 25.0. The number of aliphatic hydroxyl groups excluding tert-OH is 2. The highest BCUT2D eigenvalue weighted by Crippen LogP contribution is 2.62. The smallest absolute Gasteiger partial charge is 0.413 e. The zero-order chi connectivity index (χ0) is 29.8. The van der Waals surface area contributed by atoms with E-state index in [0.717, 1.165) is 16.1 Å². The van der Waals surface area contributed by atoms with Gasteiger partial charge in [-0.15, -0.1) is 11.3 Å². The van der Waals surface area contributed by atoms with Crippen LogP contribution in [-0.2, 0) is 22.4 Å². The predicted molar refractivity (Wildman–Crippen MR) is 157 cm³/mol. The number of aliphatic hydroxyl groups is 2. The maximum atomic E-state index is 13.4. The van der Waals surface area contributed by atoms with Crippen LogP contribution in [-0.4, -0.2) is 67.3 Å². The highest BCUT2D eigenvalue weighted by Gasteiger charge is 2.59. The van der Waals surface area contributed by atoms with Crippen LogP contribution in [0.1, 0.15) is 55.2 Å². The number of benzene rings is 1. The van der Waals surface area contributed by atoms with Crippen LogP contribution >= 0.6 is 11.3 Å². The number of nitrogens with one attached hydrogen (secondary N) is 2. The molecule has 0 saturated heterocycles. The number of thiazole rings is 1. The van der Waals surface area contributed by atoms with Gasteiger partial charge in [0.2, 0.25) is 5.91 Å². The molecule has 224 valence electrons. The number of hydrogen-bond donors (Lipinski definition) is 4. The standard InChI is InChI=1S/C30H41N3O7S/c1-6-13-40-28(37)33-27-32-26-19(15-25(36)31-12-10-18-7-8-20(38-4)21(14-18)39-5)29(2)11-9-24(35)30(3,17-34)23(29)16-22(26)41-27/h6-8,14,19,23-24,34-35H,1,9-13,15-17H2,2-5H3,(H,31,36)(H,32,33,37). The Labute approximate surface area is 245 Å². The number of carbonyl (C=O) groups is 2. The lowest BCUT2D eigenvalue weighted by Gasteiger charge is -2.58. The fourth-order valence-corrected chi connectivity index (χ4v) is 7.65. The molecule has 0 bridgehead atoms. The number of fused-ring (bicyclic) bond motifs is 2. The van der Waals surface area contributed by atoms with Gasteiger partial charge in [0.25, 0.3) is 0 Å². The number of amides is 2. The average Bonchev–Trinajstić information content (AvgIpc) is 3.36. The highest BCUT2D eigenvalue weighted by molar-refractivity contribution is 7.15. The SMILES string of the molecule is C=CCOC(=O)Nc1nc2c(s1)CC1C(C)(CO)C(O)CCC1(C)C2CC(=O)NCCc1ccc(OC)c(OC)c1. The number of hydrogen-bond acceptors (Lipinski definition) is 9. The van der Waals surface area contributed by atoms with Crippen LogP contribution in [0.2, 0.25) is 0 Å². The number of carbonyl (C=O) groups excluding carboxylic acids is 2. The molecule has 1 aromatic carbocycles. The first-order valence-corrected chi connectivity index (χ1v) is 14.7. The van der Waals surface area contributed by atoms with Gasteiger partial charge in [-0.3, -0.25) is 10.1 Å². The molecule has 11 heteroatoms. The summed E-state index contributed by atoms with van der Waals surface area (Å²) in [5.74, 6) is 0.842. The quantitative estimate of drug-likeness (QED) is 0.289. The van der Waals surface area contributed by atoms with Gasteiger partial charge in [-0.2, -0.15) is 0 Å². The zero-order valence-electron chi connectivity index (χ0n) is 24.2. The Morgan fingerprint density at radius 1 is 1.24 bits per heavy atom. The minimum Gasteiger partial charge on any atom is -0.493 e. The van der Waals surface area contributed by atoms with E-state index in [4.69, 9.17) is 19.2 Å². The lowest BCUT2D eigenvalue weighted by atomic mass is 9.47. The number of methoxy groups -OCH3 is 2. The number of rotatable bonds is 11. The summed E-state index contributed by atoms with van der Waals surface area (Å²) in [5.41, 5.74) is 0.680. The summed E-state index contributed by atoms with van der Waals surface area (Å²) in [6, 6.07) is 5.69. The number of aromatic nitrogens is 1. The monoisotopic (exact) mass is 587 g/mol. The lowest BCUT2D eigenvalue weighted by Crippen LogP contribution is -2.57. The first kappa shape index (κ1) is 30.8. The van der Waals surface area contributed by atoms with Crippen molar-refractivity contribution in [2.24, 2.45) is 16.7 Å². The van der Waals surface area contributed by atoms with E-state index in [1.807, 2.05) is 25.1 Å². The van der Waals surface area contributed by atoms with E-state index < -0.39 is 17.6 Å². The molecule has 0 spiro atoms. The summed E-state index contributed by atoms with van der Waals surface area (Å²) in [6.45, 7) is 7.99. The van der Waals surface area contributed by atoms with Crippen molar-refractivity contribution < 1.29 is 34.0 Å². The first-order chi connectivity index (χ1) is 19.6. The van der Waals surface area contributed by atoms with E-state index in [2.05, 4.69) is 24.1 Å². The van der Waals surface area contributed by atoms with E-state index in [1.165, 1.54) is 17.4 Å². The molecule has 1 aromatic heterocycles. The molecule has 1 saturated carbocycles. The molecule has 1 heterocycles. The van der Waals surface area contributed by atoms with Crippen LogP contribution in [0.5, 0.6) is 11.5 Å². The number of nitrogens with zero attached hydrogens (tertiary/aromatic N) is 1. The van der Waals surface area contributed by atoms with Crippen LogP contribution in [0.4, 0.5) is 9.93 Å². The molecule has 10 nitrogen and oxygen atoms in total. The number of ether oxygens (including phenoxy) is 3. The highest BCUT2D eigenvalue weighted by atomic mass is 32.1. The van der Waals surface area contributed by atoms with Gasteiger partial charge in [-0.1, -0.05) is 32.6 Å². The molecule has 2 aliphatic rings. The van der Waals surface area contributed by atoms with Crippen molar-refractivity contribution in [2.75, 3.05) is 39.3 Å². The third-order valence-corrected chi connectivity index (χ3v) is 10.0. The Balaban J connectivity index is 1.55. The molecular formula is C30H41N3O7S. The molecular weight excluding hydrogens is 546 g/mol. The van der Waals surface area contributed by atoms with Crippen molar-refractivity contribution in [3.8, 4) is 11.5 Å². The first-order valence-electron chi connectivity index (χ1n) is 13.9. The van der Waals surface area contributed by atoms with Crippen LogP contribution < -0.4 is 20.1 Å². The van der Waals surface area contributed by atoms with Crippen molar-refractivity contribution >= 4 is 28.5 Å². The summed E-state index contributed by atoms with van der Waals surface area (Å²) in [5, 5.41) is 27.5. The summed E-state index contributed by atoms with van der Waals surface area (Å²) in [6.07, 6.45) is 2.85. The van der Waals surface area contributed by atoms with E-state index in [-0.39, 0.29) is 42.8 Å². The second kappa shape index (κ2) is 12.8. The molecule has 41 heavy (non-hydrogen) atoms. The molecule has 5 atom stereocenters. The third kappa shape index (κ3) is 6.22. The molecule has 5 unspecified atom stereocenters. The maximum Gasteiger partial charge on any atom is 0.413 e. The third-order valence-electron chi connectivity index (χ3n) is 9.01. The maximum absolute atomic E-state index is 13.4. The summed E-state index contributed by atoms with van der Waals surface area (Å²) in [7, 11) is 3.18. The van der Waals surface area contributed by atoms with Gasteiger partial charge in [0.15, 0.2) is 16.6 Å². The largest absolute Gasteiger partial charge is 0.493 e. The van der Waals surface area contributed by atoms with Crippen molar-refractivity contribution in [1.82, 2.24) is 10.3 Å². The summed E-state index contributed by atoms with van der Waals surface area (Å²) in [4.78, 5) is 31.3. The summed E-state index contributed by atoms with van der Waals surface area (Å²) < 4.78 is 15.7. The molecule has 4 N–H and O–H groups in total. The Bertz CT molecular complexity index is 1270. The fraction of sp³-hybridized carbons (Fsp3) is 0.567. The predicted octanol–water partition coefficient (Wildman–Crippen LogP) is 4.06. The van der Waals surface area contributed by atoms with Crippen LogP contribution in [0.25, 0.3) is 0 Å². The number of anilines is 1. The minimum atomic E-state index is -0.729. The van der Waals surface area contributed by atoms with Crippen LogP contribution in [0.15, 0.2) is 30.9 Å². The van der Waals surface area contributed by atoms with Crippen molar-refractivity contribution in [3.05, 3.63) is 47.0 Å². The fourth-order valence-electron chi connectivity index (χ4n) is 6.60. The van der Waals surface area contributed by atoms with Gasteiger partial charge in [0.05, 0.1) is 32.6 Å². The van der Waals surface area contributed by atoms with Crippen molar-refractivity contribution in [1.29, 1.82) is 0 Å². The van der Waals surface area contributed by atoms with Crippen molar-refractivity contribution in [3.63, 3.8) is 0 Å². The molecule has 2 aromatic rings. The molecule has 1 fully saturated rings. The molecule has 2 aliphatic carbocycles. The van der Waals surface area contributed by atoms with E-state index in [9.17, 15) is 19.8 Å². The Morgan fingerprint density at radius 2 is 2.00 bits per heavy atom. The van der Waals surface area contributed by atoms with Gasteiger partial charge >= 0.3 is 6.09 Å².